The SMILES string of the molecule is CC(CCCC(C)(C)O)Nc1noc(-c2ccccc2)c1C(=O)O. The molecule has 3 N–H and O–H groups in total. The predicted octanol–water partition coefficient (Wildman–Crippen LogP) is 3.78. The Kier molecular flexibility index (Phi) is 5.62. The summed E-state index contributed by atoms with van der Waals surface area (Å²) in [5.41, 5.74) is 0.0148. The molecule has 2 rings (SSSR count). The van der Waals surface area contributed by atoms with Crippen LogP contribution in [0, 0.1) is 0 Å². The Morgan fingerprint density at radius 2 is 2.00 bits per heavy atom. The Morgan fingerprint density at radius 3 is 2.58 bits per heavy atom. The van der Waals surface area contributed by atoms with E-state index in [9.17, 15) is 15.0 Å². The predicted molar refractivity (Wildman–Crippen MR) is 92.1 cm³/mol. The van der Waals surface area contributed by atoms with Crippen molar-refractivity contribution in [2.45, 2.75) is 51.7 Å². The van der Waals surface area contributed by atoms with Crippen LogP contribution < -0.4 is 5.32 Å². The van der Waals surface area contributed by atoms with Crippen LogP contribution in [0.2, 0.25) is 0 Å². The molecule has 6 heteroatoms. The quantitative estimate of drug-likeness (QED) is 0.681. The first-order chi connectivity index (χ1) is 11.3. The minimum Gasteiger partial charge on any atom is -0.477 e. The Balaban J connectivity index is 2.11. The first-order valence-corrected chi connectivity index (χ1v) is 8.05. The van der Waals surface area contributed by atoms with Crippen LogP contribution in [-0.2, 0) is 0 Å². The number of carboxylic acid groups (broad SMARTS) is 1. The summed E-state index contributed by atoms with van der Waals surface area (Å²) in [5, 5.41) is 26.3. The normalized spacial score (nSPS) is 12.8. The number of aliphatic hydroxyl groups is 1. The van der Waals surface area contributed by atoms with Gasteiger partial charge < -0.3 is 20.1 Å². The van der Waals surface area contributed by atoms with Gasteiger partial charge in [0, 0.05) is 11.6 Å². The second-order valence-corrected chi connectivity index (χ2v) is 6.66. The van der Waals surface area contributed by atoms with E-state index in [1.54, 1.807) is 26.0 Å². The largest absolute Gasteiger partial charge is 0.477 e. The molecule has 0 radical (unpaired) electrons. The third-order valence-electron chi connectivity index (χ3n) is 3.75. The summed E-state index contributed by atoms with van der Waals surface area (Å²) in [5.74, 6) is -0.604. The zero-order valence-electron chi connectivity index (χ0n) is 14.2. The van der Waals surface area contributed by atoms with E-state index >= 15 is 0 Å². The molecule has 1 unspecified atom stereocenters. The van der Waals surface area contributed by atoms with Gasteiger partial charge in [-0.2, -0.15) is 0 Å². The highest BCUT2D eigenvalue weighted by Gasteiger charge is 2.24. The van der Waals surface area contributed by atoms with Crippen LogP contribution in [0.5, 0.6) is 0 Å². The van der Waals surface area contributed by atoms with E-state index in [4.69, 9.17) is 4.52 Å². The Hall–Kier alpha value is -2.34. The molecule has 0 aliphatic heterocycles. The van der Waals surface area contributed by atoms with Crippen molar-refractivity contribution < 1.29 is 19.5 Å². The maximum atomic E-state index is 11.6. The third-order valence-corrected chi connectivity index (χ3v) is 3.75. The monoisotopic (exact) mass is 332 g/mol. The number of nitrogens with one attached hydrogen (secondary N) is 1. The van der Waals surface area contributed by atoms with Gasteiger partial charge in [-0.3, -0.25) is 0 Å². The molecule has 0 amide bonds. The Labute approximate surface area is 141 Å². The number of carboxylic acids is 1. The van der Waals surface area contributed by atoms with Crippen molar-refractivity contribution in [3.05, 3.63) is 35.9 Å². The van der Waals surface area contributed by atoms with Gasteiger partial charge in [-0.1, -0.05) is 35.5 Å². The molecule has 0 saturated heterocycles. The van der Waals surface area contributed by atoms with E-state index in [0.29, 0.717) is 12.0 Å². The summed E-state index contributed by atoms with van der Waals surface area (Å²) in [6.45, 7) is 5.50. The van der Waals surface area contributed by atoms with Gasteiger partial charge in [-0.05, 0) is 40.0 Å². The number of hydrogen-bond donors (Lipinski definition) is 3. The summed E-state index contributed by atoms with van der Waals surface area (Å²) < 4.78 is 5.27. The second kappa shape index (κ2) is 7.49. The minimum atomic E-state index is -1.08. The molecule has 0 aliphatic carbocycles. The average Bonchev–Trinajstić information content (AvgIpc) is 2.90. The fourth-order valence-corrected chi connectivity index (χ4v) is 2.52. The van der Waals surface area contributed by atoms with Crippen LogP contribution in [0.25, 0.3) is 11.3 Å². The lowest BCUT2D eigenvalue weighted by molar-refractivity contribution is 0.0677. The molecule has 1 aromatic carbocycles. The first kappa shape index (κ1) is 18.0. The summed E-state index contributed by atoms with van der Waals surface area (Å²) in [4.78, 5) is 11.6. The van der Waals surface area contributed by atoms with Crippen molar-refractivity contribution in [1.29, 1.82) is 0 Å². The lowest BCUT2D eigenvalue weighted by Crippen LogP contribution is -2.21. The van der Waals surface area contributed by atoms with Gasteiger partial charge in [0.25, 0.3) is 0 Å². The van der Waals surface area contributed by atoms with E-state index in [1.807, 2.05) is 25.1 Å². The number of hydrogen-bond acceptors (Lipinski definition) is 5. The van der Waals surface area contributed by atoms with Crippen LogP contribution in [0.4, 0.5) is 5.82 Å². The third kappa shape index (κ3) is 4.83. The molecular weight excluding hydrogens is 308 g/mol. The lowest BCUT2D eigenvalue weighted by atomic mass is 9.99. The van der Waals surface area contributed by atoms with Crippen LogP contribution in [0.1, 0.15) is 50.4 Å². The van der Waals surface area contributed by atoms with E-state index in [0.717, 1.165) is 12.8 Å². The van der Waals surface area contributed by atoms with Gasteiger partial charge in [0.1, 0.15) is 0 Å². The lowest BCUT2D eigenvalue weighted by Gasteiger charge is -2.19. The topological polar surface area (TPSA) is 95.6 Å². The van der Waals surface area contributed by atoms with E-state index in [2.05, 4.69) is 10.5 Å². The highest BCUT2D eigenvalue weighted by Crippen LogP contribution is 2.30. The summed E-state index contributed by atoms with van der Waals surface area (Å²) in [6, 6.07) is 9.06. The molecule has 0 saturated carbocycles. The van der Waals surface area contributed by atoms with Gasteiger partial charge in [0.15, 0.2) is 17.1 Å². The number of rotatable bonds is 8. The van der Waals surface area contributed by atoms with E-state index < -0.39 is 11.6 Å². The number of anilines is 1. The van der Waals surface area contributed by atoms with Gasteiger partial charge in [0.2, 0.25) is 0 Å². The molecule has 0 fully saturated rings. The average molecular weight is 332 g/mol. The van der Waals surface area contributed by atoms with Crippen molar-refractivity contribution in [1.82, 2.24) is 5.16 Å². The first-order valence-electron chi connectivity index (χ1n) is 8.05. The standard InChI is InChI=1S/C18H24N2O4/c1-12(8-7-11-18(2,3)23)19-16-14(17(21)22)15(24-20-16)13-9-5-4-6-10-13/h4-6,9-10,12,23H,7-8,11H2,1-3H3,(H,19,20)(H,21,22). The summed E-state index contributed by atoms with van der Waals surface area (Å²) >= 11 is 0. The zero-order valence-corrected chi connectivity index (χ0v) is 14.2. The van der Waals surface area contributed by atoms with Gasteiger partial charge in [-0.25, -0.2) is 4.79 Å². The molecule has 1 heterocycles. The van der Waals surface area contributed by atoms with Crippen LogP contribution in [0.3, 0.4) is 0 Å². The molecule has 1 aromatic heterocycles. The molecule has 130 valence electrons. The highest BCUT2D eigenvalue weighted by atomic mass is 16.5. The molecule has 0 aliphatic rings. The molecule has 1 atom stereocenters. The zero-order chi connectivity index (χ0) is 17.7. The molecule has 6 nitrogen and oxygen atoms in total. The van der Waals surface area contributed by atoms with Crippen LogP contribution in [0.15, 0.2) is 34.9 Å². The molecule has 0 bridgehead atoms. The smallest absolute Gasteiger partial charge is 0.343 e. The van der Waals surface area contributed by atoms with Gasteiger partial charge >= 0.3 is 5.97 Å². The van der Waals surface area contributed by atoms with Crippen LogP contribution in [-0.4, -0.2) is 33.0 Å². The maximum absolute atomic E-state index is 11.6. The molecular formula is C18H24N2O4. The number of aromatic carboxylic acids is 1. The summed E-state index contributed by atoms with van der Waals surface area (Å²) in [7, 11) is 0. The van der Waals surface area contributed by atoms with Crippen molar-refractivity contribution in [2.75, 3.05) is 5.32 Å². The van der Waals surface area contributed by atoms with Gasteiger partial charge in [-0.15, -0.1) is 0 Å². The fourth-order valence-electron chi connectivity index (χ4n) is 2.52. The highest BCUT2D eigenvalue weighted by molar-refractivity contribution is 5.99. The summed E-state index contributed by atoms with van der Waals surface area (Å²) in [6.07, 6.45) is 2.29. The van der Waals surface area contributed by atoms with E-state index in [-0.39, 0.29) is 23.2 Å². The molecule has 2 aromatic rings. The maximum Gasteiger partial charge on any atom is 0.343 e. The molecule has 0 spiro atoms. The minimum absolute atomic E-state index is 0.0131. The number of aromatic nitrogens is 1. The Morgan fingerprint density at radius 1 is 1.33 bits per heavy atom. The van der Waals surface area contributed by atoms with Crippen molar-refractivity contribution in [3.63, 3.8) is 0 Å². The van der Waals surface area contributed by atoms with Crippen molar-refractivity contribution in [3.8, 4) is 11.3 Å². The number of benzene rings is 1. The fraction of sp³-hybridized carbons (Fsp3) is 0.444. The Bertz CT molecular complexity index is 674. The number of nitrogens with zero attached hydrogens (tertiary/aromatic N) is 1. The number of carbonyl (C=O) groups is 1. The second-order valence-electron chi connectivity index (χ2n) is 6.66. The van der Waals surface area contributed by atoms with Crippen LogP contribution >= 0.6 is 0 Å². The molecule has 24 heavy (non-hydrogen) atoms. The van der Waals surface area contributed by atoms with Crippen molar-refractivity contribution >= 4 is 11.8 Å². The van der Waals surface area contributed by atoms with Crippen molar-refractivity contribution in [2.24, 2.45) is 0 Å². The van der Waals surface area contributed by atoms with E-state index in [1.165, 1.54) is 0 Å². The van der Waals surface area contributed by atoms with Gasteiger partial charge in [0.05, 0.1) is 5.60 Å².